The lowest BCUT2D eigenvalue weighted by Gasteiger charge is -2.01. The van der Waals surface area contributed by atoms with Gasteiger partial charge in [0, 0.05) is 24.0 Å². The fraction of sp³-hybridized carbons (Fsp3) is 0.0833. The zero-order chi connectivity index (χ0) is 9.54. The molecule has 0 amide bonds. The lowest BCUT2D eigenvalue weighted by molar-refractivity contribution is 1.20. The first kappa shape index (κ1) is 7.56. The van der Waals surface area contributed by atoms with Gasteiger partial charge in [0.2, 0.25) is 0 Å². The van der Waals surface area contributed by atoms with Crippen molar-refractivity contribution in [3.05, 3.63) is 48.4 Å². The van der Waals surface area contributed by atoms with Crippen molar-refractivity contribution < 1.29 is 0 Å². The van der Waals surface area contributed by atoms with E-state index in [2.05, 4.69) is 36.2 Å². The smallest absolute Gasteiger partial charge is 0.144 e. The molecule has 2 aromatic heterocycles. The van der Waals surface area contributed by atoms with Gasteiger partial charge in [-0.25, -0.2) is 4.98 Å². The van der Waals surface area contributed by atoms with Gasteiger partial charge in [-0.05, 0) is 24.4 Å². The lowest BCUT2D eigenvalue weighted by atomic mass is 10.1. The minimum absolute atomic E-state index is 1.03. The van der Waals surface area contributed by atoms with Gasteiger partial charge in [-0.3, -0.25) is 0 Å². The second-order valence-electron chi connectivity index (χ2n) is 3.56. The number of benzene rings is 1. The van der Waals surface area contributed by atoms with Gasteiger partial charge >= 0.3 is 0 Å². The molecule has 3 aromatic rings. The molecule has 0 spiro atoms. The van der Waals surface area contributed by atoms with Crippen LogP contribution in [-0.2, 0) is 0 Å². The van der Waals surface area contributed by atoms with Gasteiger partial charge in [-0.15, -0.1) is 0 Å². The molecule has 0 unspecified atom stereocenters. The van der Waals surface area contributed by atoms with E-state index >= 15 is 0 Å². The molecule has 0 aliphatic heterocycles. The van der Waals surface area contributed by atoms with Gasteiger partial charge in [-0.1, -0.05) is 17.7 Å². The summed E-state index contributed by atoms with van der Waals surface area (Å²) in [6.07, 6.45) is 5.84. The van der Waals surface area contributed by atoms with Crippen molar-refractivity contribution in [1.29, 1.82) is 0 Å². The molecule has 0 radical (unpaired) electrons. The Labute approximate surface area is 81.8 Å². The third-order valence-electron chi connectivity index (χ3n) is 2.53. The Morgan fingerprint density at radius 1 is 1.14 bits per heavy atom. The summed E-state index contributed by atoms with van der Waals surface area (Å²) in [6.45, 7) is 2.10. The Morgan fingerprint density at radius 2 is 2.07 bits per heavy atom. The molecule has 14 heavy (non-hydrogen) atoms. The summed E-state index contributed by atoms with van der Waals surface area (Å²) in [4.78, 5) is 4.35. The average Bonchev–Trinajstić information content (AvgIpc) is 2.65. The number of hydrogen-bond acceptors (Lipinski definition) is 1. The van der Waals surface area contributed by atoms with Crippen molar-refractivity contribution in [2.45, 2.75) is 6.92 Å². The predicted molar refractivity (Wildman–Crippen MR) is 57.4 cm³/mol. The van der Waals surface area contributed by atoms with Crippen LogP contribution in [-0.4, -0.2) is 9.38 Å². The summed E-state index contributed by atoms with van der Waals surface area (Å²) in [5.41, 5.74) is 2.31. The van der Waals surface area contributed by atoms with E-state index in [4.69, 9.17) is 0 Å². The number of pyridine rings is 1. The quantitative estimate of drug-likeness (QED) is 0.522. The van der Waals surface area contributed by atoms with Gasteiger partial charge in [-0.2, -0.15) is 0 Å². The number of aryl methyl sites for hydroxylation is 1. The Morgan fingerprint density at radius 3 is 3.00 bits per heavy atom. The topological polar surface area (TPSA) is 17.3 Å². The zero-order valence-corrected chi connectivity index (χ0v) is 7.94. The maximum Gasteiger partial charge on any atom is 0.144 e. The summed E-state index contributed by atoms with van der Waals surface area (Å²) >= 11 is 0. The summed E-state index contributed by atoms with van der Waals surface area (Å²) < 4.78 is 2.04. The highest BCUT2D eigenvalue weighted by atomic mass is 15.0. The molecule has 0 atom stereocenters. The first-order valence-corrected chi connectivity index (χ1v) is 4.67. The summed E-state index contributed by atoms with van der Waals surface area (Å²) in [7, 11) is 0. The van der Waals surface area contributed by atoms with Crippen LogP contribution in [0, 0.1) is 6.92 Å². The van der Waals surface area contributed by atoms with Crippen molar-refractivity contribution in [2.75, 3.05) is 0 Å². The molecule has 0 aliphatic carbocycles. The summed E-state index contributed by atoms with van der Waals surface area (Å²) in [5.74, 6) is 0. The van der Waals surface area contributed by atoms with Crippen LogP contribution in [0.15, 0.2) is 42.9 Å². The van der Waals surface area contributed by atoms with Crippen LogP contribution in [0.1, 0.15) is 5.56 Å². The molecule has 0 bridgehead atoms. The van der Waals surface area contributed by atoms with E-state index in [1.54, 1.807) is 0 Å². The molecule has 0 saturated heterocycles. The Balaban J connectivity index is 2.60. The van der Waals surface area contributed by atoms with Crippen LogP contribution < -0.4 is 0 Å². The third kappa shape index (κ3) is 0.940. The first-order chi connectivity index (χ1) is 6.84. The maximum absolute atomic E-state index is 4.35. The average molecular weight is 182 g/mol. The van der Waals surface area contributed by atoms with Crippen molar-refractivity contribution in [3.8, 4) is 0 Å². The van der Waals surface area contributed by atoms with Crippen LogP contribution >= 0.6 is 0 Å². The van der Waals surface area contributed by atoms with E-state index in [0.29, 0.717) is 0 Å². The number of rotatable bonds is 0. The zero-order valence-electron chi connectivity index (χ0n) is 7.94. The highest BCUT2D eigenvalue weighted by molar-refractivity contribution is 5.94. The molecule has 2 heteroatoms. The molecule has 68 valence electrons. The molecule has 3 rings (SSSR count). The molecule has 2 heterocycles. The van der Waals surface area contributed by atoms with E-state index in [1.165, 1.54) is 16.3 Å². The molecule has 0 aliphatic rings. The second-order valence-corrected chi connectivity index (χ2v) is 3.56. The predicted octanol–water partition coefficient (Wildman–Crippen LogP) is 2.80. The monoisotopic (exact) mass is 182 g/mol. The Kier molecular flexibility index (Phi) is 1.39. The largest absolute Gasteiger partial charge is 0.307 e. The number of hydrogen-bond donors (Lipinski definition) is 0. The van der Waals surface area contributed by atoms with Gasteiger partial charge in [0.15, 0.2) is 0 Å². The van der Waals surface area contributed by atoms with E-state index in [-0.39, 0.29) is 0 Å². The molecular weight excluding hydrogens is 172 g/mol. The van der Waals surface area contributed by atoms with Crippen molar-refractivity contribution in [2.24, 2.45) is 0 Å². The molecule has 2 nitrogen and oxygen atoms in total. The normalized spacial score (nSPS) is 11.2. The van der Waals surface area contributed by atoms with Gasteiger partial charge in [0.25, 0.3) is 0 Å². The number of nitrogens with zero attached hydrogens (tertiary/aromatic N) is 2. The van der Waals surface area contributed by atoms with Crippen molar-refractivity contribution in [1.82, 2.24) is 9.38 Å². The van der Waals surface area contributed by atoms with E-state index in [0.717, 1.165) is 5.65 Å². The summed E-state index contributed by atoms with van der Waals surface area (Å²) in [5, 5.41) is 2.46. The minimum Gasteiger partial charge on any atom is -0.307 e. The first-order valence-electron chi connectivity index (χ1n) is 4.67. The van der Waals surface area contributed by atoms with E-state index in [9.17, 15) is 0 Å². The number of imidazole rings is 1. The van der Waals surface area contributed by atoms with Crippen LogP contribution in [0.25, 0.3) is 16.4 Å². The fourth-order valence-corrected chi connectivity index (χ4v) is 1.81. The summed E-state index contributed by atoms with van der Waals surface area (Å²) in [6, 6.07) is 8.56. The fourth-order valence-electron chi connectivity index (χ4n) is 1.81. The van der Waals surface area contributed by atoms with Crippen LogP contribution in [0.3, 0.4) is 0 Å². The minimum atomic E-state index is 1.03. The van der Waals surface area contributed by atoms with Crippen LogP contribution in [0.5, 0.6) is 0 Å². The van der Waals surface area contributed by atoms with Crippen LogP contribution in [0.4, 0.5) is 0 Å². The molecule has 1 aromatic carbocycles. The Bertz CT molecular complexity index is 608. The van der Waals surface area contributed by atoms with E-state index < -0.39 is 0 Å². The van der Waals surface area contributed by atoms with E-state index in [1.807, 2.05) is 23.0 Å². The molecule has 0 N–H and O–H groups in total. The number of fused-ring (bicyclic) bond motifs is 3. The standard InChI is InChI=1S/C12H10N2/c1-9-2-3-10-4-6-14-7-5-13-12(14)11(10)8-9/h2-8H,1H3. The highest BCUT2D eigenvalue weighted by Crippen LogP contribution is 2.19. The third-order valence-corrected chi connectivity index (χ3v) is 2.53. The van der Waals surface area contributed by atoms with Gasteiger partial charge < -0.3 is 4.40 Å². The van der Waals surface area contributed by atoms with Gasteiger partial charge in [0.05, 0.1) is 0 Å². The molecule has 0 fully saturated rings. The Hall–Kier alpha value is -1.83. The molecular formula is C12H10N2. The van der Waals surface area contributed by atoms with Crippen LogP contribution in [0.2, 0.25) is 0 Å². The highest BCUT2D eigenvalue weighted by Gasteiger charge is 2.00. The molecule has 0 saturated carbocycles. The second kappa shape index (κ2) is 2.58. The SMILES string of the molecule is Cc1ccc2ccn3ccnc3c2c1. The lowest BCUT2D eigenvalue weighted by Crippen LogP contribution is -1.85. The maximum atomic E-state index is 4.35. The van der Waals surface area contributed by atoms with Gasteiger partial charge in [0.1, 0.15) is 5.65 Å². The van der Waals surface area contributed by atoms with Crippen molar-refractivity contribution >= 4 is 16.4 Å². The van der Waals surface area contributed by atoms with Crippen molar-refractivity contribution in [3.63, 3.8) is 0 Å². The number of aromatic nitrogens is 2.